The summed E-state index contributed by atoms with van der Waals surface area (Å²) in [5.41, 5.74) is 0.701. The van der Waals surface area contributed by atoms with Crippen molar-refractivity contribution >= 4 is 32.5 Å². The molecule has 0 bridgehead atoms. The number of benzene rings is 2. The van der Waals surface area contributed by atoms with Crippen molar-refractivity contribution in [3.63, 3.8) is 0 Å². The van der Waals surface area contributed by atoms with Gasteiger partial charge >= 0.3 is 0 Å². The molecule has 2 aromatic carbocycles. The van der Waals surface area contributed by atoms with Gasteiger partial charge < -0.3 is 18.9 Å². The van der Waals surface area contributed by atoms with Crippen LogP contribution in [0.2, 0.25) is 0 Å². The van der Waals surface area contributed by atoms with Crippen LogP contribution in [0.25, 0.3) is 10.9 Å². The molecule has 0 saturated carbocycles. The molecule has 0 radical (unpaired) electrons. The van der Waals surface area contributed by atoms with Crippen molar-refractivity contribution in [1.29, 1.82) is 0 Å². The first-order valence-electron chi connectivity index (χ1n) is 10.5. The SMILES string of the molecule is COc1ccc(OC)c(S(=O)(=O)N2CCN(C(=O)Cn3ccc4cc([N+](=O)[O-])ccc43)CC2)c1. The quantitative estimate of drug-likeness (QED) is 0.368. The molecule has 0 N–H and O–H groups in total. The number of nitrogens with zero attached hydrogens (tertiary/aromatic N) is 4. The monoisotopic (exact) mass is 488 g/mol. The molecule has 1 aliphatic rings. The van der Waals surface area contributed by atoms with Gasteiger partial charge in [-0.2, -0.15) is 4.31 Å². The number of carbonyl (C=O) groups is 1. The zero-order valence-electron chi connectivity index (χ0n) is 18.7. The Balaban J connectivity index is 1.44. The third-order valence-electron chi connectivity index (χ3n) is 5.85. The van der Waals surface area contributed by atoms with Crippen LogP contribution in [0.3, 0.4) is 0 Å². The number of non-ortho nitro benzene ring substituents is 1. The predicted molar refractivity (Wildman–Crippen MR) is 123 cm³/mol. The van der Waals surface area contributed by atoms with Gasteiger partial charge in [-0.3, -0.25) is 14.9 Å². The number of aromatic nitrogens is 1. The second-order valence-corrected chi connectivity index (χ2v) is 9.65. The maximum absolute atomic E-state index is 13.2. The summed E-state index contributed by atoms with van der Waals surface area (Å²) in [4.78, 5) is 25.0. The van der Waals surface area contributed by atoms with Crippen molar-refractivity contribution in [2.24, 2.45) is 0 Å². The summed E-state index contributed by atoms with van der Waals surface area (Å²) in [6, 6.07) is 10.8. The number of hydrogen-bond acceptors (Lipinski definition) is 7. The second-order valence-electron chi connectivity index (χ2n) is 7.75. The van der Waals surface area contributed by atoms with Gasteiger partial charge in [0.1, 0.15) is 22.9 Å². The van der Waals surface area contributed by atoms with Crippen molar-refractivity contribution in [2.45, 2.75) is 11.4 Å². The first-order valence-corrected chi connectivity index (χ1v) is 11.9. The van der Waals surface area contributed by atoms with Gasteiger partial charge in [0.05, 0.1) is 19.1 Å². The van der Waals surface area contributed by atoms with Crippen LogP contribution in [0, 0.1) is 10.1 Å². The number of sulfonamides is 1. The highest BCUT2D eigenvalue weighted by Gasteiger charge is 2.32. The number of nitro benzene ring substituents is 1. The van der Waals surface area contributed by atoms with E-state index < -0.39 is 14.9 Å². The highest BCUT2D eigenvalue weighted by atomic mass is 32.2. The molecule has 0 spiro atoms. The van der Waals surface area contributed by atoms with E-state index in [0.29, 0.717) is 16.7 Å². The number of methoxy groups -OCH3 is 2. The molecule has 2 heterocycles. The Morgan fingerprint density at radius 2 is 1.76 bits per heavy atom. The fourth-order valence-electron chi connectivity index (χ4n) is 3.99. The largest absolute Gasteiger partial charge is 0.497 e. The molecule has 0 atom stereocenters. The fraction of sp³-hybridized carbons (Fsp3) is 0.318. The minimum atomic E-state index is -3.85. The van der Waals surface area contributed by atoms with Crippen molar-refractivity contribution in [2.75, 3.05) is 40.4 Å². The van der Waals surface area contributed by atoms with Crippen LogP contribution in [0.15, 0.2) is 53.6 Å². The number of amides is 1. The lowest BCUT2D eigenvalue weighted by molar-refractivity contribution is -0.384. The molecule has 3 aromatic rings. The fourth-order valence-corrected chi connectivity index (χ4v) is 5.58. The molecule has 12 heteroatoms. The van der Waals surface area contributed by atoms with Crippen LogP contribution in [-0.4, -0.2) is 73.4 Å². The van der Waals surface area contributed by atoms with Gasteiger partial charge in [0.15, 0.2) is 0 Å². The first-order chi connectivity index (χ1) is 16.2. The van der Waals surface area contributed by atoms with Crippen molar-refractivity contribution in [3.8, 4) is 11.5 Å². The van der Waals surface area contributed by atoms with E-state index in [9.17, 15) is 23.3 Å². The van der Waals surface area contributed by atoms with E-state index in [1.54, 1.807) is 39.9 Å². The second kappa shape index (κ2) is 9.31. The Bertz CT molecular complexity index is 1340. The van der Waals surface area contributed by atoms with Gasteiger partial charge in [0.2, 0.25) is 15.9 Å². The van der Waals surface area contributed by atoms with E-state index in [-0.39, 0.29) is 55.0 Å². The van der Waals surface area contributed by atoms with Gasteiger partial charge in [-0.15, -0.1) is 0 Å². The summed E-state index contributed by atoms with van der Waals surface area (Å²) in [7, 11) is -0.987. The van der Waals surface area contributed by atoms with Gasteiger partial charge in [-0.25, -0.2) is 8.42 Å². The highest BCUT2D eigenvalue weighted by molar-refractivity contribution is 7.89. The van der Waals surface area contributed by atoms with Gasteiger partial charge in [0, 0.05) is 61.5 Å². The molecule has 0 unspecified atom stereocenters. The Morgan fingerprint density at radius 3 is 2.41 bits per heavy atom. The number of piperazine rings is 1. The van der Waals surface area contributed by atoms with Gasteiger partial charge in [0.25, 0.3) is 5.69 Å². The van der Waals surface area contributed by atoms with Crippen LogP contribution in [0.5, 0.6) is 11.5 Å². The Labute approximate surface area is 196 Å². The van der Waals surface area contributed by atoms with E-state index >= 15 is 0 Å². The maximum atomic E-state index is 13.2. The summed E-state index contributed by atoms with van der Waals surface area (Å²) in [5.74, 6) is 0.461. The minimum absolute atomic E-state index is 0.0124. The average molecular weight is 489 g/mol. The Morgan fingerprint density at radius 1 is 1.03 bits per heavy atom. The number of ether oxygens (including phenoxy) is 2. The third kappa shape index (κ3) is 4.41. The maximum Gasteiger partial charge on any atom is 0.270 e. The summed E-state index contributed by atoms with van der Waals surface area (Å²) in [6.07, 6.45) is 1.71. The average Bonchev–Trinajstić information content (AvgIpc) is 3.25. The summed E-state index contributed by atoms with van der Waals surface area (Å²) in [5, 5.41) is 11.6. The van der Waals surface area contributed by atoms with E-state index in [0.717, 1.165) is 0 Å². The van der Waals surface area contributed by atoms with Gasteiger partial charge in [-0.05, 0) is 24.3 Å². The molecule has 1 aromatic heterocycles. The highest BCUT2D eigenvalue weighted by Crippen LogP contribution is 2.31. The minimum Gasteiger partial charge on any atom is -0.497 e. The van der Waals surface area contributed by atoms with Crippen LogP contribution < -0.4 is 9.47 Å². The zero-order chi connectivity index (χ0) is 24.5. The first kappa shape index (κ1) is 23.5. The predicted octanol–water partition coefficient (Wildman–Crippen LogP) is 2.10. The zero-order valence-corrected chi connectivity index (χ0v) is 19.5. The number of rotatable bonds is 7. The molecule has 1 fully saturated rings. The molecule has 4 rings (SSSR count). The van der Waals surface area contributed by atoms with Gasteiger partial charge in [-0.1, -0.05) is 0 Å². The molecule has 180 valence electrons. The molecule has 1 saturated heterocycles. The molecular formula is C22H24N4O7S. The lowest BCUT2D eigenvalue weighted by Crippen LogP contribution is -2.51. The Hall–Kier alpha value is -3.64. The normalized spacial score (nSPS) is 14.8. The smallest absolute Gasteiger partial charge is 0.270 e. The third-order valence-corrected chi connectivity index (χ3v) is 7.77. The molecule has 0 aliphatic carbocycles. The van der Waals surface area contributed by atoms with Crippen molar-refractivity contribution in [3.05, 3.63) is 58.8 Å². The van der Waals surface area contributed by atoms with Crippen LogP contribution >= 0.6 is 0 Å². The van der Waals surface area contributed by atoms with Crippen LogP contribution in [0.4, 0.5) is 5.69 Å². The number of hydrogen-bond donors (Lipinski definition) is 0. The Kier molecular flexibility index (Phi) is 6.44. The van der Waals surface area contributed by atoms with E-state index in [4.69, 9.17) is 9.47 Å². The number of nitro groups is 1. The molecule has 1 amide bonds. The topological polar surface area (TPSA) is 124 Å². The lowest BCUT2D eigenvalue weighted by atomic mass is 10.2. The van der Waals surface area contributed by atoms with Crippen LogP contribution in [-0.2, 0) is 21.4 Å². The number of carbonyl (C=O) groups excluding carboxylic acids is 1. The van der Waals surface area contributed by atoms with E-state index in [1.165, 1.54) is 36.7 Å². The summed E-state index contributed by atoms with van der Waals surface area (Å²) in [6.45, 7) is 0.835. The van der Waals surface area contributed by atoms with Crippen LogP contribution in [0.1, 0.15) is 0 Å². The number of fused-ring (bicyclic) bond motifs is 1. The van der Waals surface area contributed by atoms with E-state index in [1.807, 2.05) is 0 Å². The molecular weight excluding hydrogens is 464 g/mol. The molecule has 1 aliphatic heterocycles. The van der Waals surface area contributed by atoms with Crippen molar-refractivity contribution < 1.29 is 27.6 Å². The molecule has 34 heavy (non-hydrogen) atoms. The standard InChI is InChI=1S/C22H24N4O7S/c1-32-18-4-6-20(33-2)21(14-18)34(30,31)25-11-9-23(10-12-25)22(27)15-24-8-7-16-13-17(26(28)29)3-5-19(16)24/h3-8,13-14H,9-12,15H2,1-2H3. The van der Waals surface area contributed by atoms with Crippen molar-refractivity contribution in [1.82, 2.24) is 13.8 Å². The lowest BCUT2D eigenvalue weighted by Gasteiger charge is -2.34. The summed E-state index contributed by atoms with van der Waals surface area (Å²) >= 11 is 0. The van der Waals surface area contributed by atoms with E-state index in [2.05, 4.69) is 0 Å². The summed E-state index contributed by atoms with van der Waals surface area (Å²) < 4.78 is 39.9. The molecule has 11 nitrogen and oxygen atoms in total.